The van der Waals surface area contributed by atoms with E-state index in [-0.39, 0.29) is 22.9 Å². The van der Waals surface area contributed by atoms with E-state index in [4.69, 9.17) is 14.9 Å². The molecule has 4 atom stereocenters. The maximum Gasteiger partial charge on any atom is 0.251 e. The predicted molar refractivity (Wildman–Crippen MR) is 193 cm³/mol. The Kier molecular flexibility index (Phi) is 9.61. The number of ether oxygens (including phenoxy) is 1. The number of carbonyl (C=O) groups is 1. The number of hydrogen-bond acceptors (Lipinski definition) is 12. The number of imidazole rings is 1. The number of aliphatic hydroxyl groups excluding tert-OH is 2. The van der Waals surface area contributed by atoms with Gasteiger partial charge in [-0.05, 0) is 60.9 Å². The van der Waals surface area contributed by atoms with Gasteiger partial charge < -0.3 is 35.5 Å². The van der Waals surface area contributed by atoms with E-state index >= 15 is 0 Å². The lowest BCUT2D eigenvalue weighted by Crippen LogP contribution is -2.32. The molecule has 7 rings (SSSR count). The third-order valence-corrected chi connectivity index (χ3v) is 9.69. The van der Waals surface area contributed by atoms with Crippen LogP contribution < -0.4 is 16.5 Å². The van der Waals surface area contributed by atoms with Gasteiger partial charge in [-0.15, -0.1) is 17.7 Å². The van der Waals surface area contributed by atoms with E-state index in [1.54, 1.807) is 28.8 Å². The van der Waals surface area contributed by atoms with Gasteiger partial charge in [-0.25, -0.2) is 15.0 Å². The molecular formula is C37H34N6O7S. The number of aromatic hydroxyl groups is 1. The Balaban J connectivity index is 0.893. The summed E-state index contributed by atoms with van der Waals surface area (Å²) < 4.78 is 13.5. The number of phenols is 1. The van der Waals surface area contributed by atoms with Crippen molar-refractivity contribution in [2.75, 3.05) is 23.8 Å². The van der Waals surface area contributed by atoms with E-state index in [1.165, 1.54) is 42.6 Å². The molecule has 0 radical (unpaired) electrons. The average Bonchev–Trinajstić information content (AvgIpc) is 3.67. The van der Waals surface area contributed by atoms with Gasteiger partial charge in [0, 0.05) is 52.9 Å². The summed E-state index contributed by atoms with van der Waals surface area (Å²) in [5.74, 6) is 7.66. The van der Waals surface area contributed by atoms with Crippen LogP contribution in [0.1, 0.15) is 35.0 Å². The normalized spacial score (nSPS) is 18.6. The van der Waals surface area contributed by atoms with E-state index < -0.39 is 24.5 Å². The highest BCUT2D eigenvalue weighted by molar-refractivity contribution is 7.99. The number of unbranched alkanes of at least 4 members (excludes halogenated alkanes) is 1. The minimum atomic E-state index is -1.17. The van der Waals surface area contributed by atoms with Crippen molar-refractivity contribution in [3.05, 3.63) is 88.6 Å². The summed E-state index contributed by atoms with van der Waals surface area (Å²) >= 11 is 1.49. The number of amides is 1. The van der Waals surface area contributed by atoms with Gasteiger partial charge in [-0.1, -0.05) is 12.0 Å². The van der Waals surface area contributed by atoms with Crippen molar-refractivity contribution in [1.82, 2.24) is 24.8 Å². The maximum absolute atomic E-state index is 13.0. The molecule has 2 aromatic carbocycles. The topological polar surface area (TPSA) is 199 Å². The number of benzene rings is 3. The fourth-order valence-electron chi connectivity index (χ4n) is 6.23. The van der Waals surface area contributed by atoms with Gasteiger partial charge in [0.15, 0.2) is 23.1 Å². The van der Waals surface area contributed by atoms with Crippen LogP contribution in [0.5, 0.6) is 5.75 Å². The molecule has 0 spiro atoms. The van der Waals surface area contributed by atoms with Crippen molar-refractivity contribution >= 4 is 45.6 Å². The number of thioether (sulfide) groups is 1. The van der Waals surface area contributed by atoms with Crippen molar-refractivity contribution in [3.8, 4) is 40.0 Å². The Morgan fingerprint density at radius 2 is 1.88 bits per heavy atom. The molecule has 4 aromatic rings. The molecule has 14 heteroatoms. The molecule has 260 valence electrons. The van der Waals surface area contributed by atoms with Crippen LogP contribution in [-0.2, 0) is 4.74 Å². The molecule has 1 saturated heterocycles. The predicted octanol–water partition coefficient (Wildman–Crippen LogP) is 3.87. The van der Waals surface area contributed by atoms with Gasteiger partial charge in [-0.3, -0.25) is 14.2 Å². The highest BCUT2D eigenvalue weighted by Crippen LogP contribution is 2.42. The number of nitrogens with one attached hydrogen (secondary N) is 1. The quantitative estimate of drug-likeness (QED) is 0.0828. The summed E-state index contributed by atoms with van der Waals surface area (Å²) in [7, 11) is 0. The van der Waals surface area contributed by atoms with Crippen molar-refractivity contribution < 1.29 is 29.3 Å². The number of anilines is 1. The maximum atomic E-state index is 13.0. The first-order valence-electron chi connectivity index (χ1n) is 16.3. The molecule has 1 unspecified atom stereocenters. The van der Waals surface area contributed by atoms with Crippen LogP contribution in [0.25, 0.3) is 44.6 Å². The standard InChI is InChI=1S/C37H34N6O7S/c1-20-14-21(6-9-24(20)30-25-10-7-22(44)15-27(25)49-28-16-23(45)8-11-26(28)30)36(48)39-12-4-2-3-5-13-51-17-29-32(46)33(47)37(50-29)43-19-42-31-34(38)40-18-41-35(31)43/h6-11,14-16,18-19,29,32-33,37,44,46-47H,2,4,12-13,17H2,1H3,(H,39,48)(H2,38,40,41)/t29-,32?,33+,37-/m1/s1. The Hall–Kier alpha value is -5.46. The van der Waals surface area contributed by atoms with Crippen molar-refractivity contribution in [1.29, 1.82) is 0 Å². The second-order valence-electron chi connectivity index (χ2n) is 12.2. The minimum Gasteiger partial charge on any atom is -0.508 e. The summed E-state index contributed by atoms with van der Waals surface area (Å²) in [4.78, 5) is 37.3. The van der Waals surface area contributed by atoms with Gasteiger partial charge in [0.2, 0.25) is 0 Å². The second-order valence-corrected chi connectivity index (χ2v) is 13.2. The number of rotatable bonds is 9. The van der Waals surface area contributed by atoms with Gasteiger partial charge in [0.25, 0.3) is 5.91 Å². The zero-order chi connectivity index (χ0) is 35.6. The monoisotopic (exact) mass is 706 g/mol. The molecule has 1 aliphatic carbocycles. The molecule has 4 heterocycles. The van der Waals surface area contributed by atoms with Crippen LogP contribution >= 0.6 is 11.8 Å². The lowest BCUT2D eigenvalue weighted by Gasteiger charge is -2.17. The first-order chi connectivity index (χ1) is 24.7. The van der Waals surface area contributed by atoms with Crippen LogP contribution in [0.2, 0.25) is 0 Å². The highest BCUT2D eigenvalue weighted by Gasteiger charge is 2.44. The number of aryl methyl sites for hydroxylation is 1. The number of fused-ring (bicyclic) bond motifs is 3. The highest BCUT2D eigenvalue weighted by atomic mass is 32.2. The fourth-order valence-corrected chi connectivity index (χ4v) is 7.06. The smallest absolute Gasteiger partial charge is 0.251 e. The molecule has 13 nitrogen and oxygen atoms in total. The number of carbonyl (C=O) groups excluding carboxylic acids is 1. The van der Waals surface area contributed by atoms with E-state index in [0.29, 0.717) is 59.0 Å². The molecule has 0 bridgehead atoms. The molecule has 1 amide bonds. The Bertz CT molecular complexity index is 2350. The lowest BCUT2D eigenvalue weighted by atomic mass is 9.90. The van der Waals surface area contributed by atoms with Crippen LogP contribution in [0.15, 0.2) is 76.5 Å². The summed E-state index contributed by atoms with van der Waals surface area (Å²) in [5.41, 5.74) is 10.8. The number of nitrogens with zero attached hydrogens (tertiary/aromatic N) is 4. The number of nitrogens with two attached hydrogens (primary N) is 1. The number of nitrogen functional groups attached to an aromatic ring is 1. The van der Waals surface area contributed by atoms with Crippen molar-refractivity contribution in [2.45, 2.75) is 44.3 Å². The third-order valence-electron chi connectivity index (χ3n) is 8.78. The van der Waals surface area contributed by atoms with E-state index in [2.05, 4.69) is 32.1 Å². The Morgan fingerprint density at radius 1 is 1.04 bits per heavy atom. The SMILES string of the molecule is Cc1cc(C(=O)NCCCC#CCSC[C@H]2O[C@@H](n3cnc4c(N)ncnc43)[C@@H](O)C2O)ccc1-c1c2ccc(=O)cc-2oc2cc(O)ccc12. The number of phenolic OH excluding ortho intramolecular Hbond substituents is 1. The zero-order valence-corrected chi connectivity index (χ0v) is 28.3. The molecule has 3 aliphatic rings. The van der Waals surface area contributed by atoms with E-state index in [0.717, 1.165) is 27.6 Å². The summed E-state index contributed by atoms with van der Waals surface area (Å²) in [6.07, 6.45) is 0.313. The van der Waals surface area contributed by atoms with Gasteiger partial charge >= 0.3 is 0 Å². The molecule has 0 saturated carbocycles. The molecule has 6 N–H and O–H groups in total. The number of aliphatic hydroxyl groups is 2. The zero-order valence-electron chi connectivity index (χ0n) is 27.4. The molecule has 1 fully saturated rings. The van der Waals surface area contributed by atoms with Crippen LogP contribution in [0.4, 0.5) is 5.82 Å². The van der Waals surface area contributed by atoms with Gasteiger partial charge in [0.05, 0.1) is 18.2 Å². The number of aromatic nitrogens is 4. The second kappa shape index (κ2) is 14.4. The lowest BCUT2D eigenvalue weighted by molar-refractivity contribution is -0.0288. The first kappa shape index (κ1) is 34.0. The molecule has 51 heavy (non-hydrogen) atoms. The third kappa shape index (κ3) is 6.84. The number of hydrogen-bond donors (Lipinski definition) is 5. The Morgan fingerprint density at radius 3 is 2.73 bits per heavy atom. The van der Waals surface area contributed by atoms with Crippen molar-refractivity contribution in [2.24, 2.45) is 0 Å². The molecular weight excluding hydrogens is 673 g/mol. The van der Waals surface area contributed by atoms with Crippen LogP contribution in [0.3, 0.4) is 0 Å². The summed E-state index contributed by atoms with van der Waals surface area (Å²) in [6.45, 7) is 2.39. The summed E-state index contributed by atoms with van der Waals surface area (Å²) in [6, 6.07) is 15.0. The minimum absolute atomic E-state index is 0.0543. The molecule has 2 aliphatic heterocycles. The van der Waals surface area contributed by atoms with Gasteiger partial charge in [0.1, 0.15) is 41.1 Å². The van der Waals surface area contributed by atoms with Crippen LogP contribution in [-0.4, -0.2) is 77.1 Å². The first-order valence-corrected chi connectivity index (χ1v) is 17.4. The molecule has 2 aromatic heterocycles. The fraction of sp³-hybridized carbons (Fsp3) is 0.270. The van der Waals surface area contributed by atoms with Crippen molar-refractivity contribution in [3.63, 3.8) is 0 Å². The van der Waals surface area contributed by atoms with Gasteiger partial charge in [-0.2, -0.15) is 0 Å². The average molecular weight is 707 g/mol. The van der Waals surface area contributed by atoms with E-state index in [9.17, 15) is 24.9 Å². The summed E-state index contributed by atoms with van der Waals surface area (Å²) in [5, 5.41) is 35.0. The Labute approximate surface area is 295 Å². The van der Waals surface area contributed by atoms with Crippen LogP contribution in [0, 0.1) is 18.8 Å². The largest absolute Gasteiger partial charge is 0.508 e. The van der Waals surface area contributed by atoms with E-state index in [1.807, 2.05) is 19.1 Å².